The average Bonchev–Trinajstić information content (AvgIpc) is 2.64. The van der Waals surface area contributed by atoms with E-state index in [1.54, 1.807) is 24.4 Å². The second kappa shape index (κ2) is 4.63. The van der Waals surface area contributed by atoms with Crippen LogP contribution in [0.1, 0.15) is 5.69 Å². The molecule has 0 unspecified atom stereocenters. The number of nitrogens with zero attached hydrogens (tertiary/aromatic N) is 2. The predicted molar refractivity (Wildman–Crippen MR) is 64.5 cm³/mol. The Morgan fingerprint density at radius 2 is 1.81 bits per heavy atom. The van der Waals surface area contributed by atoms with Crippen LogP contribution in [0.4, 0.5) is 0 Å². The molecular weight excluding hydrogens is 270 g/mol. The van der Waals surface area contributed by atoms with Crippen LogP contribution in [0.15, 0.2) is 24.4 Å². The Morgan fingerprint density at radius 1 is 1.19 bits per heavy atom. The molecule has 2 rings (SSSR count). The molecule has 1 aromatic heterocycles. The highest BCUT2D eigenvalue weighted by Gasteiger charge is 2.11. The number of rotatable bonds is 2. The number of hydrogen-bond acceptors (Lipinski definition) is 2. The van der Waals surface area contributed by atoms with Gasteiger partial charge in [-0.05, 0) is 18.2 Å². The Bertz CT molecular complexity index is 502. The lowest BCUT2D eigenvalue weighted by Crippen LogP contribution is -1.98. The third kappa shape index (κ3) is 2.18. The molecule has 0 aliphatic heterocycles. The number of halogens is 3. The Balaban J connectivity index is 2.55. The summed E-state index contributed by atoms with van der Waals surface area (Å²) in [7, 11) is 0. The van der Waals surface area contributed by atoms with Crippen LogP contribution in [0.5, 0.6) is 0 Å². The second-order valence-electron chi connectivity index (χ2n) is 3.13. The van der Waals surface area contributed by atoms with E-state index in [1.807, 2.05) is 0 Å². The summed E-state index contributed by atoms with van der Waals surface area (Å²) in [6, 6.07) is 4.86. The van der Waals surface area contributed by atoms with Crippen LogP contribution >= 0.6 is 34.8 Å². The maximum atomic E-state index is 8.92. The standard InChI is InChI=1S/C10H7Cl3N2O/c11-6-3-8(12)10(9(13)4-6)15-2-1-7(5-16)14-15/h1-4,16H,5H2. The predicted octanol–water partition coefficient (Wildman–Crippen LogP) is 3.32. The molecule has 3 nitrogen and oxygen atoms in total. The van der Waals surface area contributed by atoms with Gasteiger partial charge in [-0.15, -0.1) is 0 Å². The SMILES string of the molecule is OCc1ccn(-c2c(Cl)cc(Cl)cc2Cl)n1. The molecule has 0 amide bonds. The molecule has 1 N–H and O–H groups in total. The van der Waals surface area contributed by atoms with Crippen LogP contribution in [-0.2, 0) is 6.61 Å². The van der Waals surface area contributed by atoms with Crippen molar-refractivity contribution < 1.29 is 5.11 Å². The third-order valence-corrected chi connectivity index (χ3v) is 2.81. The largest absolute Gasteiger partial charge is 0.390 e. The Kier molecular flexibility index (Phi) is 3.40. The van der Waals surface area contributed by atoms with Crippen LogP contribution < -0.4 is 0 Å². The molecule has 0 fully saturated rings. The van der Waals surface area contributed by atoms with Gasteiger partial charge in [0.25, 0.3) is 0 Å². The number of aromatic nitrogens is 2. The smallest absolute Gasteiger partial charge is 0.102 e. The fourth-order valence-corrected chi connectivity index (χ4v) is 2.31. The first-order valence-electron chi connectivity index (χ1n) is 4.42. The first-order valence-corrected chi connectivity index (χ1v) is 5.55. The van der Waals surface area contributed by atoms with Crippen LogP contribution in [0.25, 0.3) is 5.69 Å². The van der Waals surface area contributed by atoms with Gasteiger partial charge in [-0.3, -0.25) is 0 Å². The van der Waals surface area contributed by atoms with Gasteiger partial charge in [0.1, 0.15) is 5.69 Å². The summed E-state index contributed by atoms with van der Waals surface area (Å²) in [6.07, 6.45) is 1.67. The minimum atomic E-state index is -0.129. The number of benzene rings is 1. The van der Waals surface area contributed by atoms with Gasteiger partial charge in [0.15, 0.2) is 0 Å². The summed E-state index contributed by atoms with van der Waals surface area (Å²) in [5.41, 5.74) is 1.09. The van der Waals surface area contributed by atoms with Crippen LogP contribution in [0.3, 0.4) is 0 Å². The Labute approximate surface area is 107 Å². The van der Waals surface area contributed by atoms with Crippen LogP contribution in [0, 0.1) is 0 Å². The van der Waals surface area contributed by atoms with Gasteiger partial charge < -0.3 is 5.11 Å². The summed E-state index contributed by atoms with van der Waals surface area (Å²) in [6.45, 7) is -0.129. The van der Waals surface area contributed by atoms with Gasteiger partial charge in [0.05, 0.1) is 22.3 Å². The maximum Gasteiger partial charge on any atom is 0.102 e. The van der Waals surface area contributed by atoms with Gasteiger partial charge in [-0.1, -0.05) is 34.8 Å². The molecule has 0 bridgehead atoms. The summed E-state index contributed by atoms with van der Waals surface area (Å²) in [4.78, 5) is 0. The third-order valence-electron chi connectivity index (χ3n) is 2.02. The lowest BCUT2D eigenvalue weighted by molar-refractivity contribution is 0.276. The summed E-state index contributed by atoms with van der Waals surface area (Å²) >= 11 is 17.9. The van der Waals surface area contributed by atoms with Crippen molar-refractivity contribution in [3.63, 3.8) is 0 Å². The van der Waals surface area contributed by atoms with Gasteiger partial charge in [-0.25, -0.2) is 4.68 Å². The van der Waals surface area contributed by atoms with Crippen molar-refractivity contribution in [3.8, 4) is 5.69 Å². The molecule has 0 aliphatic carbocycles. The highest BCUT2D eigenvalue weighted by Crippen LogP contribution is 2.31. The van der Waals surface area contributed by atoms with E-state index in [2.05, 4.69) is 5.10 Å². The van der Waals surface area contributed by atoms with Crippen LogP contribution in [0.2, 0.25) is 15.1 Å². The lowest BCUT2D eigenvalue weighted by Gasteiger charge is -2.07. The molecule has 0 saturated heterocycles. The van der Waals surface area contributed by atoms with E-state index in [9.17, 15) is 0 Å². The minimum absolute atomic E-state index is 0.129. The minimum Gasteiger partial charge on any atom is -0.390 e. The van der Waals surface area contributed by atoms with Crippen molar-refractivity contribution in [2.24, 2.45) is 0 Å². The molecule has 0 radical (unpaired) electrons. The second-order valence-corrected chi connectivity index (χ2v) is 4.38. The van der Waals surface area contributed by atoms with E-state index in [-0.39, 0.29) is 6.61 Å². The molecule has 0 spiro atoms. The van der Waals surface area contributed by atoms with Crippen molar-refractivity contribution in [1.29, 1.82) is 0 Å². The maximum absolute atomic E-state index is 8.92. The van der Waals surface area contributed by atoms with E-state index >= 15 is 0 Å². The number of aliphatic hydroxyl groups excluding tert-OH is 1. The lowest BCUT2D eigenvalue weighted by atomic mass is 10.3. The van der Waals surface area contributed by atoms with Crippen molar-refractivity contribution in [1.82, 2.24) is 9.78 Å². The first kappa shape index (κ1) is 11.7. The highest BCUT2D eigenvalue weighted by atomic mass is 35.5. The molecule has 84 valence electrons. The van der Waals surface area contributed by atoms with Gasteiger partial charge >= 0.3 is 0 Å². The Hall–Kier alpha value is -0.740. The van der Waals surface area contributed by atoms with E-state index in [0.717, 1.165) is 0 Å². The van der Waals surface area contributed by atoms with Gasteiger partial charge in [0.2, 0.25) is 0 Å². The van der Waals surface area contributed by atoms with Crippen molar-refractivity contribution in [2.45, 2.75) is 6.61 Å². The van der Waals surface area contributed by atoms with Crippen LogP contribution in [-0.4, -0.2) is 14.9 Å². The van der Waals surface area contributed by atoms with E-state index in [0.29, 0.717) is 26.4 Å². The zero-order valence-electron chi connectivity index (χ0n) is 7.99. The van der Waals surface area contributed by atoms with E-state index in [1.165, 1.54) is 4.68 Å². The zero-order valence-corrected chi connectivity index (χ0v) is 10.3. The van der Waals surface area contributed by atoms with Gasteiger partial charge in [0, 0.05) is 11.2 Å². The molecule has 0 aliphatic rings. The quantitative estimate of drug-likeness (QED) is 0.914. The van der Waals surface area contributed by atoms with Crippen molar-refractivity contribution in [3.05, 3.63) is 45.2 Å². The fraction of sp³-hybridized carbons (Fsp3) is 0.100. The molecule has 2 aromatic rings. The summed E-state index contributed by atoms with van der Waals surface area (Å²) in [5, 5.41) is 14.3. The van der Waals surface area contributed by atoms with E-state index in [4.69, 9.17) is 39.9 Å². The molecule has 1 aromatic carbocycles. The molecule has 0 saturated carbocycles. The molecule has 1 heterocycles. The molecule has 6 heteroatoms. The zero-order chi connectivity index (χ0) is 11.7. The number of hydrogen-bond donors (Lipinski definition) is 1. The fourth-order valence-electron chi connectivity index (χ4n) is 1.32. The summed E-state index contributed by atoms with van der Waals surface area (Å²) in [5.74, 6) is 0. The summed E-state index contributed by atoms with van der Waals surface area (Å²) < 4.78 is 1.51. The highest BCUT2D eigenvalue weighted by molar-refractivity contribution is 6.40. The topological polar surface area (TPSA) is 38.0 Å². The van der Waals surface area contributed by atoms with Crippen molar-refractivity contribution in [2.75, 3.05) is 0 Å². The number of aliphatic hydroxyl groups is 1. The average molecular weight is 278 g/mol. The first-order chi connectivity index (χ1) is 7.61. The Morgan fingerprint density at radius 3 is 2.31 bits per heavy atom. The molecular formula is C10H7Cl3N2O. The molecule has 16 heavy (non-hydrogen) atoms. The van der Waals surface area contributed by atoms with Crippen molar-refractivity contribution >= 4 is 34.8 Å². The normalized spacial score (nSPS) is 10.8. The molecule has 0 atom stereocenters. The van der Waals surface area contributed by atoms with E-state index < -0.39 is 0 Å². The van der Waals surface area contributed by atoms with Gasteiger partial charge in [-0.2, -0.15) is 5.10 Å². The monoisotopic (exact) mass is 276 g/mol.